The Labute approximate surface area is 118 Å². The minimum Gasteiger partial charge on any atom is -0.344 e. The fourth-order valence-corrected chi connectivity index (χ4v) is 3.25. The lowest BCUT2D eigenvalue weighted by Gasteiger charge is -2.06. The second-order valence-electron chi connectivity index (χ2n) is 5.69. The Morgan fingerprint density at radius 2 is 1.50 bits per heavy atom. The number of para-hydroxylation sites is 1. The van der Waals surface area contributed by atoms with Crippen molar-refractivity contribution in [2.24, 2.45) is 7.05 Å². The Kier molecular flexibility index (Phi) is 2.23. The SMILES string of the molecule is Cc1cc2ccc3c(c2cc1C)c1ccccc1n3C. The summed E-state index contributed by atoms with van der Waals surface area (Å²) in [5, 5.41) is 5.42. The second kappa shape index (κ2) is 3.86. The molecule has 1 nitrogen and oxygen atoms in total. The monoisotopic (exact) mass is 259 g/mol. The molecule has 0 aliphatic heterocycles. The smallest absolute Gasteiger partial charge is 0.0495 e. The fourth-order valence-electron chi connectivity index (χ4n) is 3.25. The molecule has 1 heterocycles. The van der Waals surface area contributed by atoms with Gasteiger partial charge >= 0.3 is 0 Å². The molecule has 3 aromatic carbocycles. The van der Waals surface area contributed by atoms with E-state index in [1.165, 1.54) is 43.7 Å². The molecule has 0 aliphatic rings. The van der Waals surface area contributed by atoms with Gasteiger partial charge in [0, 0.05) is 28.9 Å². The van der Waals surface area contributed by atoms with Crippen LogP contribution in [0, 0.1) is 13.8 Å². The fraction of sp³-hybridized carbons (Fsp3) is 0.158. The van der Waals surface area contributed by atoms with Crippen LogP contribution in [0.4, 0.5) is 0 Å². The van der Waals surface area contributed by atoms with Gasteiger partial charge in [-0.1, -0.05) is 36.4 Å². The summed E-state index contributed by atoms with van der Waals surface area (Å²) >= 11 is 0. The number of hydrogen-bond donors (Lipinski definition) is 0. The third kappa shape index (κ3) is 1.38. The first-order chi connectivity index (χ1) is 9.66. The molecule has 0 aliphatic carbocycles. The first-order valence-corrected chi connectivity index (χ1v) is 7.04. The number of benzene rings is 3. The number of hydrogen-bond acceptors (Lipinski definition) is 0. The molecule has 1 heteroatoms. The van der Waals surface area contributed by atoms with Gasteiger partial charge in [-0.25, -0.2) is 0 Å². The average molecular weight is 259 g/mol. The number of aryl methyl sites for hydroxylation is 3. The summed E-state index contributed by atoms with van der Waals surface area (Å²) in [5.41, 5.74) is 5.32. The van der Waals surface area contributed by atoms with Crippen molar-refractivity contribution in [3.63, 3.8) is 0 Å². The van der Waals surface area contributed by atoms with E-state index < -0.39 is 0 Å². The summed E-state index contributed by atoms with van der Waals surface area (Å²) in [4.78, 5) is 0. The summed E-state index contributed by atoms with van der Waals surface area (Å²) < 4.78 is 2.29. The van der Waals surface area contributed by atoms with Crippen molar-refractivity contribution in [1.29, 1.82) is 0 Å². The van der Waals surface area contributed by atoms with Gasteiger partial charge in [-0.05, 0) is 47.9 Å². The van der Waals surface area contributed by atoms with E-state index in [1.54, 1.807) is 0 Å². The largest absolute Gasteiger partial charge is 0.344 e. The molecular formula is C19H17N. The van der Waals surface area contributed by atoms with Gasteiger partial charge < -0.3 is 4.57 Å². The van der Waals surface area contributed by atoms with Crippen molar-refractivity contribution < 1.29 is 0 Å². The topological polar surface area (TPSA) is 4.93 Å². The predicted octanol–water partition coefficient (Wildman–Crippen LogP) is 5.10. The molecule has 0 saturated carbocycles. The molecule has 0 bridgehead atoms. The zero-order valence-electron chi connectivity index (χ0n) is 12.1. The quantitative estimate of drug-likeness (QED) is 0.414. The van der Waals surface area contributed by atoms with E-state index in [4.69, 9.17) is 0 Å². The van der Waals surface area contributed by atoms with Crippen LogP contribution in [-0.2, 0) is 7.05 Å². The maximum atomic E-state index is 2.33. The molecule has 0 fully saturated rings. The van der Waals surface area contributed by atoms with E-state index in [0.717, 1.165) is 0 Å². The maximum Gasteiger partial charge on any atom is 0.0495 e. The van der Waals surface area contributed by atoms with Gasteiger partial charge in [0.2, 0.25) is 0 Å². The first kappa shape index (κ1) is 11.5. The van der Waals surface area contributed by atoms with Gasteiger partial charge in [0.15, 0.2) is 0 Å². The second-order valence-corrected chi connectivity index (χ2v) is 5.69. The molecular weight excluding hydrogens is 242 g/mol. The van der Waals surface area contributed by atoms with Gasteiger partial charge in [0.25, 0.3) is 0 Å². The summed E-state index contributed by atoms with van der Waals surface area (Å²) in [5.74, 6) is 0. The molecule has 4 rings (SSSR count). The van der Waals surface area contributed by atoms with E-state index in [1.807, 2.05) is 0 Å². The Hall–Kier alpha value is -2.28. The van der Waals surface area contributed by atoms with Crippen LogP contribution < -0.4 is 0 Å². The summed E-state index contributed by atoms with van der Waals surface area (Å²) in [6, 6.07) is 17.8. The van der Waals surface area contributed by atoms with Crippen molar-refractivity contribution in [3.05, 3.63) is 59.7 Å². The van der Waals surface area contributed by atoms with Crippen molar-refractivity contribution in [3.8, 4) is 0 Å². The van der Waals surface area contributed by atoms with Crippen LogP contribution in [0.5, 0.6) is 0 Å². The molecule has 1 aromatic heterocycles. The van der Waals surface area contributed by atoms with Crippen LogP contribution >= 0.6 is 0 Å². The normalized spacial score (nSPS) is 11.8. The molecule has 0 N–H and O–H groups in total. The molecule has 4 aromatic rings. The highest BCUT2D eigenvalue weighted by Crippen LogP contribution is 2.34. The summed E-state index contributed by atoms with van der Waals surface area (Å²) in [6.45, 7) is 4.38. The number of nitrogens with zero attached hydrogens (tertiary/aromatic N) is 1. The van der Waals surface area contributed by atoms with E-state index in [-0.39, 0.29) is 0 Å². The van der Waals surface area contributed by atoms with Crippen molar-refractivity contribution in [2.45, 2.75) is 13.8 Å². The van der Waals surface area contributed by atoms with Crippen LogP contribution in [0.2, 0.25) is 0 Å². The van der Waals surface area contributed by atoms with Crippen LogP contribution in [-0.4, -0.2) is 4.57 Å². The van der Waals surface area contributed by atoms with Gasteiger partial charge in [-0.15, -0.1) is 0 Å². The number of fused-ring (bicyclic) bond motifs is 5. The van der Waals surface area contributed by atoms with Crippen LogP contribution in [0.25, 0.3) is 32.6 Å². The highest BCUT2D eigenvalue weighted by molar-refractivity contribution is 6.20. The molecule has 0 unspecified atom stereocenters. The summed E-state index contributed by atoms with van der Waals surface area (Å²) in [6.07, 6.45) is 0. The minimum atomic E-state index is 1.30. The van der Waals surface area contributed by atoms with E-state index in [2.05, 4.69) is 74.0 Å². The number of aromatic nitrogens is 1. The van der Waals surface area contributed by atoms with Gasteiger partial charge in [0.05, 0.1) is 0 Å². The zero-order valence-corrected chi connectivity index (χ0v) is 12.1. The lowest BCUT2D eigenvalue weighted by molar-refractivity contribution is 1.01. The van der Waals surface area contributed by atoms with E-state index >= 15 is 0 Å². The molecule has 0 saturated heterocycles. The molecule has 0 radical (unpaired) electrons. The predicted molar refractivity (Wildman–Crippen MR) is 87.4 cm³/mol. The van der Waals surface area contributed by atoms with Crippen LogP contribution in [0.3, 0.4) is 0 Å². The first-order valence-electron chi connectivity index (χ1n) is 7.04. The average Bonchev–Trinajstić information content (AvgIpc) is 2.75. The zero-order chi connectivity index (χ0) is 13.9. The van der Waals surface area contributed by atoms with Crippen molar-refractivity contribution in [1.82, 2.24) is 4.57 Å². The minimum absolute atomic E-state index is 1.30. The Morgan fingerprint density at radius 1 is 0.750 bits per heavy atom. The van der Waals surface area contributed by atoms with Crippen molar-refractivity contribution >= 4 is 32.6 Å². The standard InChI is InChI=1S/C19H17N/c1-12-10-14-8-9-18-19(16(14)11-13(12)2)15-6-4-5-7-17(15)20(18)3/h4-11H,1-3H3. The van der Waals surface area contributed by atoms with Crippen LogP contribution in [0.1, 0.15) is 11.1 Å². The van der Waals surface area contributed by atoms with Gasteiger partial charge in [-0.2, -0.15) is 0 Å². The highest BCUT2D eigenvalue weighted by atomic mass is 14.9. The Bertz CT molecular complexity index is 973. The Morgan fingerprint density at radius 3 is 2.35 bits per heavy atom. The van der Waals surface area contributed by atoms with Gasteiger partial charge in [-0.3, -0.25) is 0 Å². The number of rotatable bonds is 0. The summed E-state index contributed by atoms with van der Waals surface area (Å²) in [7, 11) is 2.15. The van der Waals surface area contributed by atoms with Gasteiger partial charge in [0.1, 0.15) is 0 Å². The maximum absolute atomic E-state index is 2.33. The molecule has 20 heavy (non-hydrogen) atoms. The molecule has 98 valence electrons. The molecule has 0 atom stereocenters. The third-order valence-corrected chi connectivity index (χ3v) is 4.51. The molecule has 0 spiro atoms. The van der Waals surface area contributed by atoms with Crippen LogP contribution in [0.15, 0.2) is 48.5 Å². The highest BCUT2D eigenvalue weighted by Gasteiger charge is 2.11. The van der Waals surface area contributed by atoms with Crippen molar-refractivity contribution in [2.75, 3.05) is 0 Å². The van der Waals surface area contributed by atoms with E-state index in [0.29, 0.717) is 0 Å². The lowest BCUT2D eigenvalue weighted by atomic mass is 9.99. The lowest BCUT2D eigenvalue weighted by Crippen LogP contribution is -1.87. The van der Waals surface area contributed by atoms with E-state index in [9.17, 15) is 0 Å². The Balaban J connectivity index is 2.35. The molecule has 0 amide bonds. The third-order valence-electron chi connectivity index (χ3n) is 4.51.